The van der Waals surface area contributed by atoms with E-state index in [0.717, 1.165) is 16.7 Å². The first-order valence-corrected chi connectivity index (χ1v) is 12.8. The van der Waals surface area contributed by atoms with Crippen LogP contribution in [0, 0.1) is 0 Å². The summed E-state index contributed by atoms with van der Waals surface area (Å²) in [4.78, 5) is 43.2. The van der Waals surface area contributed by atoms with Crippen LogP contribution in [0.1, 0.15) is 27.0 Å². The third kappa shape index (κ3) is 6.27. The van der Waals surface area contributed by atoms with Crippen LogP contribution in [0.4, 0.5) is 0 Å². The molecule has 1 fully saturated rings. The number of hydrogen-bond acceptors (Lipinski definition) is 5. The zero-order chi connectivity index (χ0) is 27.2. The molecular weight excluding hydrogens is 527 g/mol. The maximum Gasteiger partial charge on any atom is 0.264 e. The van der Waals surface area contributed by atoms with Crippen LogP contribution in [0.3, 0.4) is 0 Å². The van der Waals surface area contributed by atoms with Crippen LogP contribution in [0.2, 0.25) is 10.0 Å². The SMILES string of the molecule is COc1cccc(CC(=O)N2CCN(C(=O)c3ccc(Cl)c(Cl)c3)C2C(=O)NCc2cccc(CN)c2)c1. The Hall–Kier alpha value is -3.59. The second-order valence-electron chi connectivity index (χ2n) is 8.86. The summed E-state index contributed by atoms with van der Waals surface area (Å²) in [6.07, 6.45) is -1.08. The quantitative estimate of drug-likeness (QED) is 0.442. The molecule has 0 radical (unpaired) electrons. The molecule has 0 bridgehead atoms. The molecule has 3 aromatic carbocycles. The molecule has 0 aliphatic carbocycles. The van der Waals surface area contributed by atoms with E-state index in [-0.39, 0.29) is 42.5 Å². The van der Waals surface area contributed by atoms with E-state index in [1.807, 2.05) is 30.3 Å². The molecule has 1 aliphatic rings. The Morgan fingerprint density at radius 2 is 1.63 bits per heavy atom. The van der Waals surface area contributed by atoms with E-state index in [1.54, 1.807) is 31.4 Å². The lowest BCUT2D eigenvalue weighted by atomic mass is 10.1. The van der Waals surface area contributed by atoms with Crippen molar-refractivity contribution in [1.82, 2.24) is 15.1 Å². The van der Waals surface area contributed by atoms with Gasteiger partial charge >= 0.3 is 0 Å². The molecule has 0 spiro atoms. The van der Waals surface area contributed by atoms with Gasteiger partial charge in [0.15, 0.2) is 6.17 Å². The number of rotatable bonds is 8. The van der Waals surface area contributed by atoms with Crippen molar-refractivity contribution in [2.24, 2.45) is 5.73 Å². The van der Waals surface area contributed by atoms with E-state index >= 15 is 0 Å². The molecule has 0 saturated carbocycles. The van der Waals surface area contributed by atoms with Gasteiger partial charge in [-0.2, -0.15) is 0 Å². The Bertz CT molecular complexity index is 1350. The summed E-state index contributed by atoms with van der Waals surface area (Å²) < 4.78 is 5.26. The van der Waals surface area contributed by atoms with Crippen molar-refractivity contribution >= 4 is 40.9 Å². The van der Waals surface area contributed by atoms with E-state index in [0.29, 0.717) is 17.3 Å². The van der Waals surface area contributed by atoms with Crippen LogP contribution in [0.5, 0.6) is 5.75 Å². The molecule has 8 nitrogen and oxygen atoms in total. The molecule has 3 N–H and O–H groups in total. The van der Waals surface area contributed by atoms with E-state index < -0.39 is 18.0 Å². The van der Waals surface area contributed by atoms with Gasteiger partial charge in [0.1, 0.15) is 5.75 Å². The Labute approximate surface area is 231 Å². The third-order valence-corrected chi connectivity index (χ3v) is 7.08. The summed E-state index contributed by atoms with van der Waals surface area (Å²) in [5.41, 5.74) is 8.53. The van der Waals surface area contributed by atoms with E-state index in [1.165, 1.54) is 21.9 Å². The molecule has 1 atom stereocenters. The average Bonchev–Trinajstić information content (AvgIpc) is 3.38. The fourth-order valence-corrected chi connectivity index (χ4v) is 4.68. The molecule has 10 heteroatoms. The molecule has 0 aromatic heterocycles. The Kier molecular flexibility index (Phi) is 8.89. The summed E-state index contributed by atoms with van der Waals surface area (Å²) in [7, 11) is 1.55. The number of ether oxygens (including phenoxy) is 1. The standard InChI is InChI=1S/C28H28Cl2N4O4/c1-38-22-7-3-4-18(13-22)14-25(35)33-10-11-34(28(37)21-8-9-23(29)24(30)15-21)27(33)26(36)32-17-20-6-2-5-19(12-20)16-31/h2-9,12-13,15,27H,10-11,14,16-17,31H2,1H3,(H,32,36). The van der Waals surface area contributed by atoms with Crippen LogP contribution < -0.4 is 15.8 Å². The van der Waals surface area contributed by atoms with Crippen LogP contribution in [-0.4, -0.2) is 53.9 Å². The summed E-state index contributed by atoms with van der Waals surface area (Å²) in [5, 5.41) is 3.42. The van der Waals surface area contributed by atoms with E-state index in [9.17, 15) is 14.4 Å². The molecule has 3 aromatic rings. The maximum atomic E-state index is 13.5. The number of halogens is 2. The number of amides is 3. The van der Waals surface area contributed by atoms with E-state index in [2.05, 4.69) is 5.32 Å². The monoisotopic (exact) mass is 554 g/mol. The van der Waals surface area contributed by atoms with Crippen molar-refractivity contribution < 1.29 is 19.1 Å². The van der Waals surface area contributed by atoms with Crippen molar-refractivity contribution in [1.29, 1.82) is 0 Å². The Balaban J connectivity index is 1.58. The number of hydrogen-bond donors (Lipinski definition) is 2. The largest absolute Gasteiger partial charge is 0.497 e. The zero-order valence-corrected chi connectivity index (χ0v) is 22.3. The topological polar surface area (TPSA) is 105 Å². The minimum Gasteiger partial charge on any atom is -0.497 e. The Morgan fingerprint density at radius 3 is 2.37 bits per heavy atom. The summed E-state index contributed by atoms with van der Waals surface area (Å²) >= 11 is 12.2. The fraction of sp³-hybridized carbons (Fsp3) is 0.250. The van der Waals surface area contributed by atoms with E-state index in [4.69, 9.17) is 33.7 Å². The van der Waals surface area contributed by atoms with Gasteiger partial charge in [0.05, 0.1) is 23.6 Å². The second-order valence-corrected chi connectivity index (χ2v) is 9.67. The van der Waals surface area contributed by atoms with Crippen molar-refractivity contribution in [3.8, 4) is 5.75 Å². The van der Waals surface area contributed by atoms with Crippen molar-refractivity contribution in [2.75, 3.05) is 20.2 Å². The van der Waals surface area contributed by atoms with Crippen molar-refractivity contribution in [2.45, 2.75) is 25.7 Å². The number of nitrogens with two attached hydrogens (primary N) is 1. The van der Waals surface area contributed by atoms with Crippen LogP contribution >= 0.6 is 23.2 Å². The molecule has 1 heterocycles. The van der Waals surface area contributed by atoms with Gasteiger partial charge in [-0.3, -0.25) is 14.4 Å². The highest BCUT2D eigenvalue weighted by Gasteiger charge is 2.42. The number of methoxy groups -OCH3 is 1. The summed E-state index contributed by atoms with van der Waals surface area (Å²) in [6, 6.07) is 19.2. The third-order valence-electron chi connectivity index (χ3n) is 6.34. The maximum absolute atomic E-state index is 13.5. The lowest BCUT2D eigenvalue weighted by molar-refractivity contribution is -0.141. The minimum absolute atomic E-state index is 0.0499. The number of carbonyl (C=O) groups excluding carboxylic acids is 3. The predicted octanol–water partition coefficient (Wildman–Crippen LogP) is 3.63. The molecular formula is C28H28Cl2N4O4. The first-order valence-electron chi connectivity index (χ1n) is 12.0. The molecule has 1 saturated heterocycles. The summed E-state index contributed by atoms with van der Waals surface area (Å²) in [6.45, 7) is 0.985. The van der Waals surface area contributed by atoms with Gasteiger partial charge in [-0.15, -0.1) is 0 Å². The van der Waals surface area contributed by atoms with Gasteiger partial charge in [0.2, 0.25) is 5.91 Å². The summed E-state index contributed by atoms with van der Waals surface area (Å²) in [5.74, 6) is -0.548. The van der Waals surface area contributed by atoms with Gasteiger partial charge in [-0.25, -0.2) is 0 Å². The molecule has 198 valence electrons. The average molecular weight is 555 g/mol. The van der Waals surface area contributed by atoms with Gasteiger partial charge < -0.3 is 25.6 Å². The predicted molar refractivity (Wildman–Crippen MR) is 146 cm³/mol. The molecule has 38 heavy (non-hydrogen) atoms. The van der Waals surface area contributed by atoms with Gasteiger partial charge in [-0.1, -0.05) is 59.6 Å². The molecule has 4 rings (SSSR count). The minimum atomic E-state index is -1.13. The smallest absolute Gasteiger partial charge is 0.264 e. The second kappa shape index (κ2) is 12.3. The lowest BCUT2D eigenvalue weighted by Crippen LogP contribution is -2.54. The van der Waals surface area contributed by atoms with Crippen LogP contribution in [-0.2, 0) is 29.1 Å². The highest BCUT2D eigenvalue weighted by Crippen LogP contribution is 2.26. The van der Waals surface area contributed by atoms with Crippen LogP contribution in [0.25, 0.3) is 0 Å². The number of nitrogens with one attached hydrogen (secondary N) is 1. The van der Waals surface area contributed by atoms with Gasteiger partial charge in [0, 0.05) is 31.7 Å². The molecule has 3 amide bonds. The lowest BCUT2D eigenvalue weighted by Gasteiger charge is -2.29. The molecule has 1 unspecified atom stereocenters. The normalized spacial score (nSPS) is 14.9. The number of nitrogens with zero attached hydrogens (tertiary/aromatic N) is 2. The highest BCUT2D eigenvalue weighted by atomic mass is 35.5. The van der Waals surface area contributed by atoms with Gasteiger partial charge in [0.25, 0.3) is 11.8 Å². The molecule has 1 aliphatic heterocycles. The van der Waals surface area contributed by atoms with Gasteiger partial charge in [-0.05, 0) is 47.0 Å². The fourth-order valence-electron chi connectivity index (χ4n) is 4.39. The first-order chi connectivity index (χ1) is 18.3. The number of benzene rings is 3. The zero-order valence-electron chi connectivity index (χ0n) is 20.8. The number of carbonyl (C=O) groups is 3. The first kappa shape index (κ1) is 27.4. The van der Waals surface area contributed by atoms with Crippen LogP contribution in [0.15, 0.2) is 66.7 Å². The Morgan fingerprint density at radius 1 is 0.921 bits per heavy atom. The highest BCUT2D eigenvalue weighted by molar-refractivity contribution is 6.42. The van der Waals surface area contributed by atoms with Crippen molar-refractivity contribution in [3.05, 3.63) is 99.0 Å². The van der Waals surface area contributed by atoms with Crippen molar-refractivity contribution in [3.63, 3.8) is 0 Å².